The largest absolute Gasteiger partial charge is 0.345 e. The molecule has 0 aliphatic heterocycles. The van der Waals surface area contributed by atoms with Crippen molar-refractivity contribution in [2.24, 2.45) is 0 Å². The summed E-state index contributed by atoms with van der Waals surface area (Å²) < 4.78 is 0. The molecule has 2 aromatic heterocycles. The van der Waals surface area contributed by atoms with Gasteiger partial charge in [-0.3, -0.25) is 4.98 Å². The second kappa shape index (κ2) is 4.67. The average molecular weight is 216 g/mol. The summed E-state index contributed by atoms with van der Waals surface area (Å²) in [6.45, 7) is 0.607. The van der Waals surface area contributed by atoms with Crippen molar-refractivity contribution in [1.82, 2.24) is 20.3 Å². The molecular weight excluding hydrogens is 204 g/mol. The average Bonchev–Trinajstić information content (AvgIpc) is 2.30. The number of H-pyrrole nitrogens is 1. The van der Waals surface area contributed by atoms with Gasteiger partial charge >= 0.3 is 5.69 Å². The molecule has 0 radical (unpaired) electrons. The Kier molecular flexibility index (Phi) is 3.07. The maximum Gasteiger partial charge on any atom is 0.345 e. The van der Waals surface area contributed by atoms with Gasteiger partial charge in [0, 0.05) is 30.2 Å². The Labute approximate surface area is 92.6 Å². The van der Waals surface area contributed by atoms with Gasteiger partial charge in [0.2, 0.25) is 0 Å². The summed E-state index contributed by atoms with van der Waals surface area (Å²) in [6.07, 6.45) is 3.35. The van der Waals surface area contributed by atoms with Crippen LogP contribution in [-0.4, -0.2) is 22.0 Å². The van der Waals surface area contributed by atoms with Gasteiger partial charge in [-0.05, 0) is 25.2 Å². The number of nitrogens with one attached hydrogen (secondary N) is 2. The summed E-state index contributed by atoms with van der Waals surface area (Å²) in [7, 11) is 1.82. The highest BCUT2D eigenvalue weighted by atomic mass is 16.1. The van der Waals surface area contributed by atoms with Gasteiger partial charge in [0.15, 0.2) is 0 Å². The van der Waals surface area contributed by atoms with Crippen molar-refractivity contribution in [2.75, 3.05) is 7.05 Å². The molecule has 2 rings (SSSR count). The minimum atomic E-state index is -0.334. The first kappa shape index (κ1) is 10.5. The second-order valence-corrected chi connectivity index (χ2v) is 3.36. The highest BCUT2D eigenvalue weighted by Gasteiger charge is 2.02. The molecule has 2 N–H and O–H groups in total. The Morgan fingerprint density at radius 1 is 1.38 bits per heavy atom. The SMILES string of the molecule is CNCc1cc(-c2ccncc2)nc(=O)[nH]1. The maximum absolute atomic E-state index is 11.3. The van der Waals surface area contributed by atoms with Crippen molar-refractivity contribution in [2.45, 2.75) is 6.54 Å². The lowest BCUT2D eigenvalue weighted by Crippen LogP contribution is -2.17. The summed E-state index contributed by atoms with van der Waals surface area (Å²) in [4.78, 5) is 21.9. The van der Waals surface area contributed by atoms with Gasteiger partial charge in [0.1, 0.15) is 0 Å². The third kappa shape index (κ3) is 2.32. The number of aromatic nitrogens is 3. The molecule has 82 valence electrons. The highest BCUT2D eigenvalue weighted by molar-refractivity contribution is 5.57. The van der Waals surface area contributed by atoms with Gasteiger partial charge in [-0.25, -0.2) is 4.79 Å². The zero-order chi connectivity index (χ0) is 11.4. The predicted molar refractivity (Wildman–Crippen MR) is 60.9 cm³/mol. The van der Waals surface area contributed by atoms with Crippen LogP contribution in [0.1, 0.15) is 5.69 Å². The standard InChI is InChI=1S/C11H12N4O/c1-12-7-9-6-10(15-11(16)14-9)8-2-4-13-5-3-8/h2-6,12H,7H2,1H3,(H,14,15,16). The molecule has 0 bridgehead atoms. The van der Waals surface area contributed by atoms with Crippen LogP contribution in [0.2, 0.25) is 0 Å². The summed E-state index contributed by atoms with van der Waals surface area (Å²) in [5, 5.41) is 2.98. The Hall–Kier alpha value is -2.01. The number of nitrogens with zero attached hydrogens (tertiary/aromatic N) is 2. The summed E-state index contributed by atoms with van der Waals surface area (Å²) >= 11 is 0. The van der Waals surface area contributed by atoms with Crippen molar-refractivity contribution in [1.29, 1.82) is 0 Å². The number of hydrogen-bond donors (Lipinski definition) is 2. The Balaban J connectivity index is 2.45. The lowest BCUT2D eigenvalue weighted by atomic mass is 10.2. The van der Waals surface area contributed by atoms with Gasteiger partial charge in [0.05, 0.1) is 5.69 Å². The van der Waals surface area contributed by atoms with Crippen LogP contribution < -0.4 is 11.0 Å². The third-order valence-electron chi connectivity index (χ3n) is 2.14. The van der Waals surface area contributed by atoms with E-state index in [1.807, 2.05) is 25.2 Å². The summed E-state index contributed by atoms with van der Waals surface area (Å²) in [6, 6.07) is 5.50. The van der Waals surface area contributed by atoms with Crippen molar-refractivity contribution in [3.05, 3.63) is 46.8 Å². The van der Waals surface area contributed by atoms with Crippen LogP contribution in [0, 0.1) is 0 Å². The van der Waals surface area contributed by atoms with Crippen molar-refractivity contribution < 1.29 is 0 Å². The second-order valence-electron chi connectivity index (χ2n) is 3.36. The molecule has 0 atom stereocenters. The van der Waals surface area contributed by atoms with E-state index < -0.39 is 0 Å². The lowest BCUT2D eigenvalue weighted by molar-refractivity contribution is 0.779. The van der Waals surface area contributed by atoms with E-state index in [9.17, 15) is 4.79 Å². The van der Waals surface area contributed by atoms with Crippen LogP contribution in [0.4, 0.5) is 0 Å². The summed E-state index contributed by atoms with van der Waals surface area (Å²) in [5.74, 6) is 0. The van der Waals surface area contributed by atoms with Gasteiger partial charge in [-0.2, -0.15) is 4.98 Å². The van der Waals surface area contributed by atoms with Crippen molar-refractivity contribution in [3.8, 4) is 11.3 Å². The van der Waals surface area contributed by atoms with Crippen LogP contribution in [0.25, 0.3) is 11.3 Å². The van der Waals surface area contributed by atoms with Crippen LogP contribution in [-0.2, 0) is 6.54 Å². The highest BCUT2D eigenvalue weighted by Crippen LogP contribution is 2.13. The molecule has 5 heteroatoms. The topological polar surface area (TPSA) is 70.7 Å². The molecule has 2 heterocycles. The van der Waals surface area contributed by atoms with Crippen molar-refractivity contribution in [3.63, 3.8) is 0 Å². The molecule has 0 fully saturated rings. The van der Waals surface area contributed by atoms with E-state index in [-0.39, 0.29) is 5.69 Å². The first-order chi connectivity index (χ1) is 7.79. The van der Waals surface area contributed by atoms with E-state index in [0.717, 1.165) is 11.3 Å². The van der Waals surface area contributed by atoms with Crippen LogP contribution in [0.5, 0.6) is 0 Å². The molecule has 0 aliphatic carbocycles. The lowest BCUT2D eigenvalue weighted by Gasteiger charge is -2.03. The minimum Gasteiger partial charge on any atom is -0.314 e. The fourth-order valence-corrected chi connectivity index (χ4v) is 1.46. The van der Waals surface area contributed by atoms with Crippen LogP contribution >= 0.6 is 0 Å². The third-order valence-corrected chi connectivity index (χ3v) is 2.14. The van der Waals surface area contributed by atoms with Gasteiger partial charge < -0.3 is 10.3 Å². The molecule has 0 spiro atoms. The van der Waals surface area contributed by atoms with E-state index >= 15 is 0 Å². The molecule has 0 aliphatic rings. The fraction of sp³-hybridized carbons (Fsp3) is 0.182. The first-order valence-corrected chi connectivity index (χ1v) is 4.95. The molecule has 0 aromatic carbocycles. The molecule has 0 saturated heterocycles. The zero-order valence-electron chi connectivity index (χ0n) is 8.90. The van der Waals surface area contributed by atoms with E-state index in [1.54, 1.807) is 12.4 Å². The maximum atomic E-state index is 11.3. The van der Waals surface area contributed by atoms with Crippen LogP contribution in [0.3, 0.4) is 0 Å². The minimum absolute atomic E-state index is 0.334. The molecular formula is C11H12N4O. The first-order valence-electron chi connectivity index (χ1n) is 4.95. The molecule has 0 amide bonds. The number of aromatic amines is 1. The number of pyridine rings is 1. The Bertz CT molecular complexity index is 521. The van der Waals surface area contributed by atoms with E-state index in [1.165, 1.54) is 0 Å². The normalized spacial score (nSPS) is 10.3. The van der Waals surface area contributed by atoms with E-state index in [2.05, 4.69) is 20.3 Å². The molecule has 2 aromatic rings. The van der Waals surface area contributed by atoms with Gasteiger partial charge in [-0.15, -0.1) is 0 Å². The molecule has 0 unspecified atom stereocenters. The van der Waals surface area contributed by atoms with E-state index in [0.29, 0.717) is 12.2 Å². The Morgan fingerprint density at radius 3 is 2.81 bits per heavy atom. The predicted octanol–water partition coefficient (Wildman–Crippen LogP) is 0.551. The molecule has 16 heavy (non-hydrogen) atoms. The number of hydrogen-bond acceptors (Lipinski definition) is 4. The smallest absolute Gasteiger partial charge is 0.314 e. The number of rotatable bonds is 3. The fourth-order valence-electron chi connectivity index (χ4n) is 1.46. The monoisotopic (exact) mass is 216 g/mol. The van der Waals surface area contributed by atoms with Gasteiger partial charge in [-0.1, -0.05) is 0 Å². The van der Waals surface area contributed by atoms with E-state index in [4.69, 9.17) is 0 Å². The summed E-state index contributed by atoms with van der Waals surface area (Å²) in [5.41, 5.74) is 2.03. The molecule has 0 saturated carbocycles. The Morgan fingerprint density at radius 2 is 2.12 bits per heavy atom. The van der Waals surface area contributed by atoms with Crippen LogP contribution in [0.15, 0.2) is 35.4 Å². The quantitative estimate of drug-likeness (QED) is 0.786. The van der Waals surface area contributed by atoms with Crippen molar-refractivity contribution >= 4 is 0 Å². The zero-order valence-corrected chi connectivity index (χ0v) is 8.90. The van der Waals surface area contributed by atoms with Gasteiger partial charge in [0.25, 0.3) is 0 Å². The molecule has 5 nitrogen and oxygen atoms in total.